The number of ether oxygens (including phenoxy) is 1. The minimum absolute atomic E-state index is 0.751. The van der Waals surface area contributed by atoms with Crippen molar-refractivity contribution in [1.82, 2.24) is 4.90 Å². The zero-order chi connectivity index (χ0) is 13.5. The summed E-state index contributed by atoms with van der Waals surface area (Å²) in [5, 5.41) is 0.751. The minimum Gasteiger partial charge on any atom is -0.493 e. The summed E-state index contributed by atoms with van der Waals surface area (Å²) in [6, 6.07) is 5.79. The third kappa shape index (κ3) is 4.55. The number of likely N-dealkylation sites (tertiary alicyclic amines) is 1. The highest BCUT2D eigenvalue weighted by molar-refractivity contribution is 6.30. The van der Waals surface area contributed by atoms with Crippen molar-refractivity contribution in [2.24, 2.45) is 0 Å². The largest absolute Gasteiger partial charge is 0.493 e. The lowest BCUT2D eigenvalue weighted by atomic mass is 10.1. The van der Waals surface area contributed by atoms with Crippen molar-refractivity contribution in [3.63, 3.8) is 0 Å². The fourth-order valence-electron chi connectivity index (χ4n) is 2.48. The average molecular weight is 280 g/mol. The van der Waals surface area contributed by atoms with Crippen LogP contribution in [0.3, 0.4) is 0 Å². The van der Waals surface area contributed by atoms with Crippen molar-refractivity contribution in [2.45, 2.75) is 25.7 Å². The van der Waals surface area contributed by atoms with Gasteiger partial charge in [0.05, 0.1) is 6.61 Å². The number of rotatable bonds is 7. The van der Waals surface area contributed by atoms with Crippen molar-refractivity contribution < 1.29 is 4.74 Å². The molecule has 0 atom stereocenters. The Kier molecular flexibility index (Phi) is 5.74. The normalized spacial score (nSPS) is 15.6. The van der Waals surface area contributed by atoms with Gasteiger partial charge in [0.15, 0.2) is 0 Å². The molecule has 1 heterocycles. The van der Waals surface area contributed by atoms with Gasteiger partial charge in [0.1, 0.15) is 5.75 Å². The van der Waals surface area contributed by atoms with Crippen LogP contribution in [0.25, 0.3) is 0 Å². The Labute approximate surface area is 121 Å². The number of allylic oxidation sites excluding steroid dienone is 1. The number of hydrogen-bond donors (Lipinski definition) is 0. The van der Waals surface area contributed by atoms with Gasteiger partial charge in [0.2, 0.25) is 0 Å². The van der Waals surface area contributed by atoms with E-state index in [4.69, 9.17) is 16.3 Å². The Morgan fingerprint density at radius 2 is 2.11 bits per heavy atom. The molecule has 1 fully saturated rings. The van der Waals surface area contributed by atoms with Gasteiger partial charge in [-0.15, -0.1) is 6.58 Å². The molecule has 0 radical (unpaired) electrons. The van der Waals surface area contributed by atoms with E-state index in [1.54, 1.807) is 0 Å². The first-order valence-electron chi connectivity index (χ1n) is 7.04. The van der Waals surface area contributed by atoms with Gasteiger partial charge >= 0.3 is 0 Å². The molecule has 0 unspecified atom stereocenters. The molecule has 2 nitrogen and oxygen atoms in total. The van der Waals surface area contributed by atoms with E-state index in [9.17, 15) is 0 Å². The van der Waals surface area contributed by atoms with E-state index >= 15 is 0 Å². The first-order valence-corrected chi connectivity index (χ1v) is 7.42. The maximum atomic E-state index is 6.00. The summed E-state index contributed by atoms with van der Waals surface area (Å²) in [7, 11) is 0. The highest BCUT2D eigenvalue weighted by Crippen LogP contribution is 2.23. The van der Waals surface area contributed by atoms with Crippen molar-refractivity contribution in [2.75, 3.05) is 26.2 Å². The average Bonchev–Trinajstić information content (AvgIpc) is 2.90. The fraction of sp³-hybridized carbons (Fsp3) is 0.500. The molecule has 19 heavy (non-hydrogen) atoms. The van der Waals surface area contributed by atoms with Crippen LogP contribution in [0.15, 0.2) is 30.9 Å². The van der Waals surface area contributed by atoms with Gasteiger partial charge in [0.25, 0.3) is 0 Å². The Balaban J connectivity index is 1.79. The molecule has 0 N–H and O–H groups in total. The Morgan fingerprint density at radius 3 is 2.84 bits per heavy atom. The molecule has 1 aromatic carbocycles. The lowest BCUT2D eigenvalue weighted by Gasteiger charge is -2.15. The second-order valence-corrected chi connectivity index (χ2v) is 5.43. The molecular formula is C16H22ClNO. The topological polar surface area (TPSA) is 12.5 Å². The maximum absolute atomic E-state index is 6.00. The molecule has 0 bridgehead atoms. The van der Waals surface area contributed by atoms with E-state index in [-0.39, 0.29) is 0 Å². The Morgan fingerprint density at radius 1 is 1.32 bits per heavy atom. The highest BCUT2D eigenvalue weighted by atomic mass is 35.5. The SMILES string of the molecule is C=CCc1cc(Cl)ccc1OCCCN1CCCC1. The summed E-state index contributed by atoms with van der Waals surface area (Å²) in [6.45, 7) is 8.18. The van der Waals surface area contributed by atoms with E-state index in [0.717, 1.165) is 42.3 Å². The van der Waals surface area contributed by atoms with Crippen molar-refractivity contribution in [3.05, 3.63) is 41.4 Å². The van der Waals surface area contributed by atoms with Crippen LogP contribution in [-0.4, -0.2) is 31.1 Å². The van der Waals surface area contributed by atoms with Crippen LogP contribution in [0.1, 0.15) is 24.8 Å². The van der Waals surface area contributed by atoms with Gasteiger partial charge in [-0.2, -0.15) is 0 Å². The quantitative estimate of drug-likeness (QED) is 0.554. The lowest BCUT2D eigenvalue weighted by molar-refractivity contribution is 0.262. The van der Waals surface area contributed by atoms with Crippen LogP contribution in [0.5, 0.6) is 5.75 Å². The van der Waals surface area contributed by atoms with Crippen molar-refractivity contribution in [3.8, 4) is 5.75 Å². The van der Waals surface area contributed by atoms with Crippen LogP contribution >= 0.6 is 11.6 Å². The lowest BCUT2D eigenvalue weighted by Crippen LogP contribution is -2.22. The molecule has 1 aromatic rings. The van der Waals surface area contributed by atoms with E-state index in [1.807, 2.05) is 24.3 Å². The van der Waals surface area contributed by atoms with Crippen LogP contribution in [0.4, 0.5) is 0 Å². The van der Waals surface area contributed by atoms with E-state index < -0.39 is 0 Å². The van der Waals surface area contributed by atoms with Gasteiger partial charge in [-0.3, -0.25) is 0 Å². The van der Waals surface area contributed by atoms with Crippen LogP contribution in [0.2, 0.25) is 5.02 Å². The number of halogens is 1. The number of benzene rings is 1. The third-order valence-electron chi connectivity index (χ3n) is 3.46. The van der Waals surface area contributed by atoms with Crippen molar-refractivity contribution >= 4 is 11.6 Å². The molecule has 0 aliphatic carbocycles. The third-order valence-corrected chi connectivity index (χ3v) is 3.70. The van der Waals surface area contributed by atoms with Crippen molar-refractivity contribution in [1.29, 1.82) is 0 Å². The molecule has 0 spiro atoms. The monoisotopic (exact) mass is 279 g/mol. The number of nitrogens with zero attached hydrogens (tertiary/aromatic N) is 1. The summed E-state index contributed by atoms with van der Waals surface area (Å²) in [5.74, 6) is 0.936. The zero-order valence-electron chi connectivity index (χ0n) is 11.4. The summed E-state index contributed by atoms with van der Waals surface area (Å²) in [4.78, 5) is 2.51. The molecule has 0 amide bonds. The van der Waals surface area contributed by atoms with Gasteiger partial charge in [-0.1, -0.05) is 17.7 Å². The molecule has 2 rings (SSSR count). The van der Waals surface area contributed by atoms with Gasteiger partial charge in [-0.25, -0.2) is 0 Å². The molecule has 1 aliphatic rings. The second-order valence-electron chi connectivity index (χ2n) is 5.00. The Bertz CT molecular complexity index is 413. The van der Waals surface area contributed by atoms with Gasteiger partial charge in [-0.05, 0) is 62.5 Å². The summed E-state index contributed by atoms with van der Waals surface area (Å²) in [6.07, 6.45) is 6.45. The molecule has 1 aliphatic heterocycles. The molecule has 104 valence electrons. The summed E-state index contributed by atoms with van der Waals surface area (Å²) >= 11 is 6.00. The first-order chi connectivity index (χ1) is 9.29. The van der Waals surface area contributed by atoms with E-state index in [0.29, 0.717) is 0 Å². The van der Waals surface area contributed by atoms with Crippen LogP contribution in [0, 0.1) is 0 Å². The predicted molar refractivity (Wildman–Crippen MR) is 81.1 cm³/mol. The van der Waals surface area contributed by atoms with E-state index in [2.05, 4.69) is 11.5 Å². The van der Waals surface area contributed by atoms with Gasteiger partial charge in [0, 0.05) is 11.6 Å². The molecule has 1 saturated heterocycles. The second kappa shape index (κ2) is 7.56. The van der Waals surface area contributed by atoms with E-state index in [1.165, 1.54) is 25.9 Å². The smallest absolute Gasteiger partial charge is 0.122 e. The molecule has 3 heteroatoms. The highest BCUT2D eigenvalue weighted by Gasteiger charge is 2.10. The summed E-state index contributed by atoms with van der Waals surface area (Å²) < 4.78 is 5.87. The fourth-order valence-corrected chi connectivity index (χ4v) is 2.68. The molecule has 0 saturated carbocycles. The number of hydrogen-bond acceptors (Lipinski definition) is 2. The minimum atomic E-state index is 0.751. The molecular weight excluding hydrogens is 258 g/mol. The maximum Gasteiger partial charge on any atom is 0.122 e. The predicted octanol–water partition coefficient (Wildman–Crippen LogP) is 3.93. The van der Waals surface area contributed by atoms with Crippen LogP contribution < -0.4 is 4.74 Å². The standard InChI is InChI=1S/C16H22ClNO/c1-2-6-14-13-15(17)7-8-16(14)19-12-5-11-18-9-3-4-10-18/h2,7-8,13H,1,3-6,9-12H2. The molecule has 0 aromatic heterocycles. The first kappa shape index (κ1) is 14.4. The Hall–Kier alpha value is -0.990. The zero-order valence-corrected chi connectivity index (χ0v) is 12.2. The van der Waals surface area contributed by atoms with Gasteiger partial charge < -0.3 is 9.64 Å². The van der Waals surface area contributed by atoms with Crippen LogP contribution in [-0.2, 0) is 6.42 Å². The summed E-state index contributed by atoms with van der Waals surface area (Å²) in [5.41, 5.74) is 1.11.